The highest BCUT2D eigenvalue weighted by Crippen LogP contribution is 2.31. The second-order valence-corrected chi connectivity index (χ2v) is 8.97. The van der Waals surface area contributed by atoms with E-state index in [-0.39, 0.29) is 10.7 Å². The van der Waals surface area contributed by atoms with Crippen molar-refractivity contribution in [1.82, 2.24) is 9.97 Å². The lowest BCUT2D eigenvalue weighted by atomic mass is 10.2. The summed E-state index contributed by atoms with van der Waals surface area (Å²) < 4.78 is 29.1. The Labute approximate surface area is 177 Å². The first-order valence-corrected chi connectivity index (χ1v) is 11.1. The highest BCUT2D eigenvalue weighted by Gasteiger charge is 2.19. The standard InChI is InChI=1S/C21H17BrN4O2S/c1-14-11-12-17(16(22)13-14)23-20-21(25-19-10-6-5-9-18(19)24-20)26-29(27,28)15-7-3-2-4-8-15/h2-13H,1H3,(H,23,24)(H,25,26). The van der Waals surface area contributed by atoms with Crippen LogP contribution in [0.25, 0.3) is 11.0 Å². The molecular formula is C21H17BrN4O2S. The molecule has 0 aliphatic rings. The first-order chi connectivity index (χ1) is 13.9. The van der Waals surface area contributed by atoms with E-state index in [1.54, 1.807) is 24.3 Å². The molecule has 0 bridgehead atoms. The van der Waals surface area contributed by atoms with Crippen LogP contribution in [-0.2, 0) is 10.0 Å². The van der Waals surface area contributed by atoms with Crippen molar-refractivity contribution in [3.05, 3.63) is 82.8 Å². The summed E-state index contributed by atoms with van der Waals surface area (Å²) in [5.41, 5.74) is 3.09. The number of hydrogen-bond donors (Lipinski definition) is 2. The van der Waals surface area contributed by atoms with Crippen LogP contribution in [0, 0.1) is 6.92 Å². The number of aromatic nitrogens is 2. The molecular weight excluding hydrogens is 452 g/mol. The average molecular weight is 469 g/mol. The van der Waals surface area contributed by atoms with Gasteiger partial charge in [-0.25, -0.2) is 18.4 Å². The summed E-state index contributed by atoms with van der Waals surface area (Å²) in [5.74, 6) is 0.438. The summed E-state index contributed by atoms with van der Waals surface area (Å²) in [6.45, 7) is 1.99. The monoisotopic (exact) mass is 468 g/mol. The number of nitrogens with one attached hydrogen (secondary N) is 2. The van der Waals surface area contributed by atoms with Crippen molar-refractivity contribution in [3.63, 3.8) is 0 Å². The SMILES string of the molecule is Cc1ccc(Nc2nc3ccccc3nc2NS(=O)(=O)c2ccccc2)c(Br)c1. The largest absolute Gasteiger partial charge is 0.336 e. The third-order valence-electron chi connectivity index (χ3n) is 4.23. The van der Waals surface area contributed by atoms with Gasteiger partial charge in [-0.15, -0.1) is 0 Å². The van der Waals surface area contributed by atoms with Gasteiger partial charge < -0.3 is 5.32 Å². The van der Waals surface area contributed by atoms with Gasteiger partial charge >= 0.3 is 0 Å². The topological polar surface area (TPSA) is 84.0 Å². The third-order valence-corrected chi connectivity index (χ3v) is 6.24. The van der Waals surface area contributed by atoms with E-state index in [0.717, 1.165) is 15.7 Å². The highest BCUT2D eigenvalue weighted by molar-refractivity contribution is 9.10. The summed E-state index contributed by atoms with van der Waals surface area (Å²) in [6, 6.07) is 21.3. The molecule has 0 amide bonds. The van der Waals surface area contributed by atoms with Gasteiger partial charge in [0.1, 0.15) is 0 Å². The minimum absolute atomic E-state index is 0.125. The van der Waals surface area contributed by atoms with Crippen LogP contribution >= 0.6 is 15.9 Å². The minimum atomic E-state index is -3.82. The van der Waals surface area contributed by atoms with Crippen LogP contribution in [0.3, 0.4) is 0 Å². The summed E-state index contributed by atoms with van der Waals surface area (Å²) >= 11 is 3.53. The van der Waals surface area contributed by atoms with E-state index in [2.05, 4.69) is 35.9 Å². The Morgan fingerprint density at radius 1 is 0.828 bits per heavy atom. The molecule has 4 rings (SSSR count). The van der Waals surface area contributed by atoms with Gasteiger partial charge in [-0.1, -0.05) is 36.4 Å². The molecule has 4 aromatic rings. The van der Waals surface area contributed by atoms with E-state index in [1.165, 1.54) is 12.1 Å². The van der Waals surface area contributed by atoms with E-state index < -0.39 is 10.0 Å². The van der Waals surface area contributed by atoms with Crippen molar-refractivity contribution in [1.29, 1.82) is 0 Å². The lowest BCUT2D eigenvalue weighted by molar-refractivity contribution is 0.601. The van der Waals surface area contributed by atoms with Gasteiger partial charge in [0.15, 0.2) is 11.6 Å². The summed E-state index contributed by atoms with van der Waals surface area (Å²) in [4.78, 5) is 9.24. The van der Waals surface area contributed by atoms with E-state index in [1.807, 2.05) is 43.3 Å². The maximum atomic E-state index is 12.8. The van der Waals surface area contributed by atoms with Crippen molar-refractivity contribution >= 4 is 54.3 Å². The quantitative estimate of drug-likeness (QED) is 0.418. The second kappa shape index (κ2) is 7.81. The summed E-state index contributed by atoms with van der Waals surface area (Å²) in [5, 5.41) is 3.19. The van der Waals surface area contributed by atoms with Gasteiger partial charge in [-0.3, -0.25) is 4.72 Å². The van der Waals surface area contributed by atoms with Crippen molar-refractivity contribution in [3.8, 4) is 0 Å². The predicted octanol–water partition coefficient (Wildman–Crippen LogP) is 5.25. The van der Waals surface area contributed by atoms with Crippen LogP contribution in [0.2, 0.25) is 0 Å². The smallest absolute Gasteiger partial charge is 0.263 e. The molecule has 0 saturated heterocycles. The van der Waals surface area contributed by atoms with Crippen LogP contribution in [0.4, 0.5) is 17.3 Å². The van der Waals surface area contributed by atoms with Crippen LogP contribution < -0.4 is 10.0 Å². The molecule has 8 heteroatoms. The number of para-hydroxylation sites is 2. The Morgan fingerprint density at radius 3 is 2.10 bits per heavy atom. The number of rotatable bonds is 5. The van der Waals surface area contributed by atoms with Gasteiger partial charge in [0, 0.05) is 4.47 Å². The Kier molecular flexibility index (Phi) is 5.21. The van der Waals surface area contributed by atoms with E-state index in [0.29, 0.717) is 16.9 Å². The molecule has 0 radical (unpaired) electrons. The molecule has 146 valence electrons. The van der Waals surface area contributed by atoms with Crippen molar-refractivity contribution < 1.29 is 8.42 Å². The maximum Gasteiger partial charge on any atom is 0.263 e. The normalized spacial score (nSPS) is 11.4. The number of anilines is 3. The summed E-state index contributed by atoms with van der Waals surface area (Å²) in [6.07, 6.45) is 0. The lowest BCUT2D eigenvalue weighted by Crippen LogP contribution is -2.16. The van der Waals surface area contributed by atoms with Gasteiger partial charge in [0.2, 0.25) is 0 Å². The van der Waals surface area contributed by atoms with Crippen molar-refractivity contribution in [2.24, 2.45) is 0 Å². The maximum absolute atomic E-state index is 12.8. The Hall–Kier alpha value is -2.97. The zero-order chi connectivity index (χ0) is 20.4. The lowest BCUT2D eigenvalue weighted by Gasteiger charge is -2.15. The predicted molar refractivity (Wildman–Crippen MR) is 119 cm³/mol. The highest BCUT2D eigenvalue weighted by atomic mass is 79.9. The first kappa shape index (κ1) is 19.4. The molecule has 2 N–H and O–H groups in total. The fourth-order valence-electron chi connectivity index (χ4n) is 2.79. The van der Waals surface area contributed by atoms with Crippen LogP contribution in [-0.4, -0.2) is 18.4 Å². The minimum Gasteiger partial charge on any atom is -0.336 e. The second-order valence-electron chi connectivity index (χ2n) is 6.44. The van der Waals surface area contributed by atoms with Crippen molar-refractivity contribution in [2.45, 2.75) is 11.8 Å². The molecule has 6 nitrogen and oxygen atoms in total. The Morgan fingerprint density at radius 2 is 1.45 bits per heavy atom. The first-order valence-electron chi connectivity index (χ1n) is 8.80. The van der Waals surface area contributed by atoms with Crippen LogP contribution in [0.1, 0.15) is 5.56 Å². The van der Waals surface area contributed by atoms with Gasteiger partial charge in [0.05, 0.1) is 21.6 Å². The van der Waals surface area contributed by atoms with E-state index in [4.69, 9.17) is 0 Å². The number of hydrogen-bond acceptors (Lipinski definition) is 5. The molecule has 0 fully saturated rings. The molecule has 0 saturated carbocycles. The van der Waals surface area contributed by atoms with E-state index in [9.17, 15) is 8.42 Å². The van der Waals surface area contributed by atoms with Crippen LogP contribution in [0.15, 0.2) is 82.2 Å². The Bertz CT molecular complexity index is 1290. The van der Waals surface area contributed by atoms with Crippen molar-refractivity contribution in [2.75, 3.05) is 10.0 Å². The molecule has 0 aliphatic carbocycles. The number of benzene rings is 3. The van der Waals surface area contributed by atoms with E-state index >= 15 is 0 Å². The molecule has 1 heterocycles. The fraction of sp³-hybridized carbons (Fsp3) is 0.0476. The molecule has 0 unspecified atom stereocenters. The number of fused-ring (bicyclic) bond motifs is 1. The van der Waals surface area contributed by atoms with Crippen LogP contribution in [0.5, 0.6) is 0 Å². The molecule has 0 aliphatic heterocycles. The number of nitrogens with zero attached hydrogens (tertiary/aromatic N) is 2. The average Bonchev–Trinajstić information content (AvgIpc) is 2.71. The zero-order valence-electron chi connectivity index (χ0n) is 15.4. The Balaban J connectivity index is 1.80. The number of aryl methyl sites for hydroxylation is 1. The fourth-order valence-corrected chi connectivity index (χ4v) is 4.42. The molecule has 3 aromatic carbocycles. The van der Waals surface area contributed by atoms with Gasteiger partial charge in [-0.05, 0) is 64.8 Å². The molecule has 0 atom stereocenters. The third kappa shape index (κ3) is 4.23. The summed E-state index contributed by atoms with van der Waals surface area (Å²) in [7, 11) is -3.82. The molecule has 0 spiro atoms. The number of sulfonamides is 1. The molecule has 29 heavy (non-hydrogen) atoms. The van der Waals surface area contributed by atoms with Gasteiger partial charge in [0.25, 0.3) is 10.0 Å². The zero-order valence-corrected chi connectivity index (χ0v) is 17.8. The number of halogens is 1. The molecule has 1 aromatic heterocycles. The van der Waals surface area contributed by atoms with Gasteiger partial charge in [-0.2, -0.15) is 0 Å².